The summed E-state index contributed by atoms with van der Waals surface area (Å²) >= 11 is 0. The minimum absolute atomic E-state index is 0.0172. The second-order valence-electron chi connectivity index (χ2n) is 7.26. The van der Waals surface area contributed by atoms with Gasteiger partial charge < -0.3 is 5.11 Å². The Balaban J connectivity index is 1.88. The van der Waals surface area contributed by atoms with Gasteiger partial charge in [0.05, 0.1) is 17.6 Å². The van der Waals surface area contributed by atoms with Crippen LogP contribution in [0.25, 0.3) is 0 Å². The van der Waals surface area contributed by atoms with Gasteiger partial charge in [0.2, 0.25) is 11.8 Å². The summed E-state index contributed by atoms with van der Waals surface area (Å²) in [4.78, 5) is 26.9. The molecule has 1 aliphatic heterocycles. The second-order valence-corrected chi connectivity index (χ2v) is 7.26. The number of hydrogen-bond acceptors (Lipinski definition) is 3. The molecular formula is C16H25NO3. The number of aliphatic hydroxyl groups is 1. The molecule has 0 unspecified atom stereocenters. The fourth-order valence-electron chi connectivity index (χ4n) is 4.47. The number of imide groups is 1. The summed E-state index contributed by atoms with van der Waals surface area (Å²) in [5, 5.41) is 9.91. The summed E-state index contributed by atoms with van der Waals surface area (Å²) < 4.78 is 0. The highest BCUT2D eigenvalue weighted by molar-refractivity contribution is 6.06. The molecule has 0 bridgehead atoms. The van der Waals surface area contributed by atoms with E-state index in [1.807, 2.05) is 0 Å². The lowest BCUT2D eigenvalue weighted by Crippen LogP contribution is -2.56. The molecule has 0 radical (unpaired) electrons. The van der Waals surface area contributed by atoms with Crippen LogP contribution < -0.4 is 0 Å². The van der Waals surface area contributed by atoms with E-state index >= 15 is 0 Å². The average molecular weight is 279 g/mol. The number of hydrogen-bond donors (Lipinski definition) is 1. The second kappa shape index (κ2) is 4.83. The van der Waals surface area contributed by atoms with Crippen molar-refractivity contribution in [1.82, 2.24) is 4.90 Å². The first-order valence-corrected chi connectivity index (χ1v) is 8.01. The van der Waals surface area contributed by atoms with E-state index in [1.54, 1.807) is 0 Å². The molecule has 1 saturated heterocycles. The molecule has 20 heavy (non-hydrogen) atoms. The van der Waals surface area contributed by atoms with Crippen LogP contribution in [0, 0.1) is 11.3 Å². The van der Waals surface area contributed by atoms with Gasteiger partial charge in [-0.1, -0.05) is 19.8 Å². The number of rotatable bonds is 2. The van der Waals surface area contributed by atoms with Gasteiger partial charge in [0.25, 0.3) is 0 Å². The summed E-state index contributed by atoms with van der Waals surface area (Å²) in [6.45, 7) is 2.13. The van der Waals surface area contributed by atoms with Crippen LogP contribution in [0.2, 0.25) is 0 Å². The Labute approximate surface area is 120 Å². The molecule has 0 aromatic carbocycles. The molecule has 1 heterocycles. The van der Waals surface area contributed by atoms with E-state index in [0.29, 0.717) is 12.3 Å². The first-order chi connectivity index (χ1) is 9.53. The van der Waals surface area contributed by atoms with Crippen LogP contribution in [-0.4, -0.2) is 34.0 Å². The Morgan fingerprint density at radius 1 is 1.15 bits per heavy atom. The summed E-state index contributed by atoms with van der Waals surface area (Å²) in [5.41, 5.74) is -1.02. The van der Waals surface area contributed by atoms with Gasteiger partial charge in [-0.25, -0.2) is 0 Å². The minimum Gasteiger partial charge on any atom is -0.394 e. The van der Waals surface area contributed by atoms with Crippen LogP contribution in [0.4, 0.5) is 0 Å². The third-order valence-corrected chi connectivity index (χ3v) is 5.93. The molecule has 3 fully saturated rings. The van der Waals surface area contributed by atoms with Crippen molar-refractivity contribution in [3.8, 4) is 0 Å². The maximum Gasteiger partial charge on any atom is 0.236 e. The molecule has 1 spiro atoms. The van der Waals surface area contributed by atoms with E-state index in [4.69, 9.17) is 0 Å². The molecule has 2 saturated carbocycles. The highest BCUT2D eigenvalue weighted by Crippen LogP contribution is 2.50. The molecule has 0 atom stereocenters. The highest BCUT2D eigenvalue weighted by atomic mass is 16.3. The number of carbonyl (C=O) groups is 2. The summed E-state index contributed by atoms with van der Waals surface area (Å²) in [7, 11) is 0. The molecule has 0 aromatic heterocycles. The van der Waals surface area contributed by atoms with Crippen molar-refractivity contribution < 1.29 is 14.7 Å². The third kappa shape index (κ3) is 1.92. The molecule has 0 aromatic rings. The number of likely N-dealkylation sites (tertiary alicyclic amines) is 1. The van der Waals surface area contributed by atoms with Crippen molar-refractivity contribution in [3.05, 3.63) is 0 Å². The van der Waals surface area contributed by atoms with Crippen molar-refractivity contribution >= 4 is 11.8 Å². The molecular weight excluding hydrogens is 254 g/mol. The summed E-state index contributed by atoms with van der Waals surface area (Å²) in [6, 6.07) is 0. The first-order valence-electron chi connectivity index (χ1n) is 8.01. The highest BCUT2D eigenvalue weighted by Gasteiger charge is 2.58. The zero-order chi connectivity index (χ0) is 14.4. The zero-order valence-electron chi connectivity index (χ0n) is 12.4. The summed E-state index contributed by atoms with van der Waals surface area (Å²) in [5.74, 6) is 0.604. The Morgan fingerprint density at radius 2 is 1.75 bits per heavy atom. The van der Waals surface area contributed by atoms with E-state index < -0.39 is 11.0 Å². The van der Waals surface area contributed by atoms with Crippen LogP contribution in [0.3, 0.4) is 0 Å². The van der Waals surface area contributed by atoms with Gasteiger partial charge in [-0.05, 0) is 44.4 Å². The van der Waals surface area contributed by atoms with Crippen LogP contribution in [0.15, 0.2) is 0 Å². The maximum absolute atomic E-state index is 12.9. The van der Waals surface area contributed by atoms with E-state index in [2.05, 4.69) is 6.92 Å². The zero-order valence-corrected chi connectivity index (χ0v) is 12.4. The third-order valence-electron chi connectivity index (χ3n) is 5.93. The minimum atomic E-state index is -0.604. The van der Waals surface area contributed by atoms with Crippen molar-refractivity contribution in [3.63, 3.8) is 0 Å². The van der Waals surface area contributed by atoms with E-state index in [9.17, 15) is 14.7 Å². The monoisotopic (exact) mass is 279 g/mol. The quantitative estimate of drug-likeness (QED) is 0.789. The van der Waals surface area contributed by atoms with Gasteiger partial charge in [-0.2, -0.15) is 0 Å². The van der Waals surface area contributed by atoms with Gasteiger partial charge in [0.1, 0.15) is 0 Å². The predicted molar refractivity (Wildman–Crippen MR) is 74.8 cm³/mol. The Hall–Kier alpha value is -0.900. The van der Waals surface area contributed by atoms with Crippen molar-refractivity contribution in [2.24, 2.45) is 11.3 Å². The smallest absolute Gasteiger partial charge is 0.236 e. The van der Waals surface area contributed by atoms with E-state index in [1.165, 1.54) is 4.90 Å². The van der Waals surface area contributed by atoms with Crippen LogP contribution in [0.5, 0.6) is 0 Å². The Bertz CT molecular complexity index is 417. The van der Waals surface area contributed by atoms with E-state index in [-0.39, 0.29) is 18.4 Å². The lowest BCUT2D eigenvalue weighted by atomic mass is 9.76. The largest absolute Gasteiger partial charge is 0.394 e. The van der Waals surface area contributed by atoms with Crippen molar-refractivity contribution in [1.29, 1.82) is 0 Å². The number of nitrogens with zero attached hydrogens (tertiary/aromatic N) is 1. The lowest BCUT2D eigenvalue weighted by Gasteiger charge is -2.44. The van der Waals surface area contributed by atoms with Gasteiger partial charge in [0.15, 0.2) is 0 Å². The van der Waals surface area contributed by atoms with Gasteiger partial charge in [0, 0.05) is 6.42 Å². The maximum atomic E-state index is 12.9. The average Bonchev–Trinajstić information content (AvgIpc) is 2.99. The molecule has 112 valence electrons. The van der Waals surface area contributed by atoms with Crippen molar-refractivity contribution in [2.45, 2.75) is 70.3 Å². The molecule has 2 aliphatic carbocycles. The molecule has 4 heteroatoms. The molecule has 3 aliphatic rings. The summed E-state index contributed by atoms with van der Waals surface area (Å²) in [6.07, 6.45) is 7.69. The predicted octanol–water partition coefficient (Wildman–Crippen LogP) is 2.25. The first kappa shape index (κ1) is 14.1. The fourth-order valence-corrected chi connectivity index (χ4v) is 4.47. The molecule has 3 rings (SSSR count). The molecule has 1 N–H and O–H groups in total. The van der Waals surface area contributed by atoms with Crippen LogP contribution in [0.1, 0.15) is 64.7 Å². The Morgan fingerprint density at radius 3 is 2.30 bits per heavy atom. The van der Waals surface area contributed by atoms with Crippen LogP contribution >= 0.6 is 0 Å². The van der Waals surface area contributed by atoms with Crippen LogP contribution in [-0.2, 0) is 9.59 Å². The molecule has 4 nitrogen and oxygen atoms in total. The molecule has 2 amide bonds. The standard InChI is InChI=1S/C16H25NO3/c1-12-4-8-16(11-18,9-5-12)17-13(19)10-15(14(17)20)6-2-3-7-15/h12,18H,2-11H2,1H3. The number of aliphatic hydroxyl groups excluding tert-OH is 1. The topological polar surface area (TPSA) is 57.6 Å². The van der Waals surface area contributed by atoms with Gasteiger partial charge in [-0.15, -0.1) is 0 Å². The Kier molecular flexibility index (Phi) is 3.39. The number of carbonyl (C=O) groups excluding carboxylic acids is 2. The lowest BCUT2D eigenvalue weighted by molar-refractivity contribution is -0.153. The van der Waals surface area contributed by atoms with Crippen molar-refractivity contribution in [2.75, 3.05) is 6.61 Å². The van der Waals surface area contributed by atoms with Gasteiger partial charge in [-0.3, -0.25) is 14.5 Å². The number of amides is 2. The normalized spacial score (nSPS) is 37.1. The van der Waals surface area contributed by atoms with E-state index in [0.717, 1.165) is 51.4 Å². The van der Waals surface area contributed by atoms with Gasteiger partial charge >= 0.3 is 0 Å². The fraction of sp³-hybridized carbons (Fsp3) is 0.875. The SMILES string of the molecule is CC1CCC(CO)(N2C(=O)CC3(CCCC3)C2=O)CC1.